The van der Waals surface area contributed by atoms with Crippen molar-refractivity contribution < 1.29 is 24.4 Å². The molecule has 5 atom stereocenters. The van der Waals surface area contributed by atoms with Gasteiger partial charge in [-0.15, -0.1) is 0 Å². The van der Waals surface area contributed by atoms with Crippen molar-refractivity contribution in [2.45, 2.75) is 68.8 Å². The molecule has 5 rings (SSSR count). The summed E-state index contributed by atoms with van der Waals surface area (Å²) < 4.78 is 18.7. The Balaban J connectivity index is 1.25. The largest absolute Gasteiger partial charge is 0.468 e. The number of aliphatic hydroxyl groups excluding tert-OH is 2. The van der Waals surface area contributed by atoms with E-state index in [9.17, 15) is 10.2 Å². The Bertz CT molecular complexity index is 948. The van der Waals surface area contributed by atoms with Crippen LogP contribution in [0.15, 0.2) is 12.7 Å². The van der Waals surface area contributed by atoms with Crippen LogP contribution in [0.25, 0.3) is 11.2 Å². The molecule has 174 valence electrons. The number of fused-ring (bicyclic) bond motifs is 1. The lowest BCUT2D eigenvalue weighted by Gasteiger charge is -2.19. The molecule has 1 saturated carbocycles. The van der Waals surface area contributed by atoms with Crippen molar-refractivity contribution in [3.05, 3.63) is 12.7 Å². The average molecular weight is 465 g/mol. The van der Waals surface area contributed by atoms with Gasteiger partial charge >= 0.3 is 0 Å². The van der Waals surface area contributed by atoms with E-state index in [4.69, 9.17) is 26.4 Å². The van der Waals surface area contributed by atoms with Gasteiger partial charge in [-0.3, -0.25) is 4.57 Å². The summed E-state index contributed by atoms with van der Waals surface area (Å²) >= 11 is 5.26. The predicted molar refractivity (Wildman–Crippen MR) is 118 cm³/mol. The third-order valence-corrected chi connectivity index (χ3v) is 6.50. The van der Waals surface area contributed by atoms with Crippen LogP contribution in [0.4, 0.5) is 5.82 Å². The highest BCUT2D eigenvalue weighted by Gasteiger charge is 2.44. The van der Waals surface area contributed by atoms with Crippen LogP contribution in [0.2, 0.25) is 0 Å². The Hall–Kier alpha value is -2.12. The van der Waals surface area contributed by atoms with E-state index in [-0.39, 0.29) is 23.9 Å². The Kier molecular flexibility index (Phi) is 6.37. The van der Waals surface area contributed by atoms with Crippen molar-refractivity contribution in [3.63, 3.8) is 0 Å². The number of nitrogens with zero attached hydrogens (tertiary/aromatic N) is 4. The molecule has 32 heavy (non-hydrogen) atoms. The fourth-order valence-corrected chi connectivity index (χ4v) is 4.72. The molecule has 0 radical (unpaired) electrons. The van der Waals surface area contributed by atoms with Crippen LogP contribution < -0.4 is 10.6 Å². The smallest absolute Gasteiger partial charge is 0.256 e. The summed E-state index contributed by atoms with van der Waals surface area (Å²) in [6, 6.07) is 0.166. The van der Waals surface area contributed by atoms with E-state index in [1.165, 1.54) is 6.33 Å². The van der Waals surface area contributed by atoms with Gasteiger partial charge in [0, 0.05) is 13.2 Å². The Labute approximate surface area is 190 Å². The zero-order valence-electron chi connectivity index (χ0n) is 17.6. The molecule has 3 fully saturated rings. The number of hydrogen-bond donors (Lipinski definition) is 4. The van der Waals surface area contributed by atoms with Gasteiger partial charge in [-0.2, -0.15) is 0 Å². The highest BCUT2D eigenvalue weighted by molar-refractivity contribution is 7.80. The molecule has 3 aliphatic rings. The topological polar surface area (TPSA) is 136 Å². The standard InChI is InChI=1S/C20H28N6O5S/c27-15-13(7-21-20(32)30-12-3-1-2-4-12)31-19(16(15)28)26-10-24-14-17(22-9-23-18(14)26)25-11-5-6-29-8-11/h9-13,15-16,19,27-28H,1-8H2,(H,21,32)(H,22,23,25). The molecule has 1 aliphatic carbocycles. The first-order chi connectivity index (χ1) is 15.6. The second kappa shape index (κ2) is 9.40. The molecule has 0 spiro atoms. The van der Waals surface area contributed by atoms with Gasteiger partial charge in [-0.1, -0.05) is 0 Å². The van der Waals surface area contributed by atoms with Gasteiger partial charge in [0.25, 0.3) is 5.17 Å². The number of aromatic nitrogens is 4. The minimum atomic E-state index is -1.15. The molecule has 0 aromatic carbocycles. The van der Waals surface area contributed by atoms with Crippen molar-refractivity contribution in [1.29, 1.82) is 0 Å². The molecule has 12 heteroatoms. The van der Waals surface area contributed by atoms with Crippen LogP contribution in [0.3, 0.4) is 0 Å². The third kappa shape index (κ3) is 4.37. The van der Waals surface area contributed by atoms with Gasteiger partial charge in [0.05, 0.1) is 19.0 Å². The minimum Gasteiger partial charge on any atom is -0.468 e. The number of hydrogen-bond acceptors (Lipinski definition) is 10. The van der Waals surface area contributed by atoms with Crippen molar-refractivity contribution in [1.82, 2.24) is 24.8 Å². The maximum Gasteiger partial charge on any atom is 0.256 e. The number of rotatable bonds is 6. The van der Waals surface area contributed by atoms with Gasteiger partial charge in [-0.05, 0) is 44.3 Å². The molecule has 2 aromatic heterocycles. The van der Waals surface area contributed by atoms with Crippen LogP contribution in [0, 0.1) is 0 Å². The fraction of sp³-hybridized carbons (Fsp3) is 0.700. The SMILES string of the molecule is OC1C(CNC(=S)OC2CCCC2)OC(n2cnc3c(NC4CCOC4)ncnc32)C1O. The first-order valence-electron chi connectivity index (χ1n) is 11.1. The maximum absolute atomic E-state index is 10.7. The number of aliphatic hydroxyl groups is 2. The zero-order valence-corrected chi connectivity index (χ0v) is 18.4. The molecule has 2 aliphatic heterocycles. The highest BCUT2D eigenvalue weighted by atomic mass is 32.1. The van der Waals surface area contributed by atoms with E-state index in [1.54, 1.807) is 10.9 Å². The second-order valence-electron chi connectivity index (χ2n) is 8.49. The average Bonchev–Trinajstić information content (AvgIpc) is 3.58. The van der Waals surface area contributed by atoms with Crippen molar-refractivity contribution in [2.24, 2.45) is 0 Å². The molecule has 11 nitrogen and oxygen atoms in total. The molecule has 2 aromatic rings. The summed E-state index contributed by atoms with van der Waals surface area (Å²) in [5.41, 5.74) is 1.07. The molecule has 0 amide bonds. The maximum atomic E-state index is 10.7. The highest BCUT2D eigenvalue weighted by Crippen LogP contribution is 2.32. The summed E-state index contributed by atoms with van der Waals surface area (Å²) in [7, 11) is 0. The van der Waals surface area contributed by atoms with E-state index < -0.39 is 24.5 Å². The molecular formula is C20H28N6O5S. The van der Waals surface area contributed by atoms with Gasteiger partial charge in [-0.25, -0.2) is 15.0 Å². The van der Waals surface area contributed by atoms with Gasteiger partial charge in [0.1, 0.15) is 30.7 Å². The minimum absolute atomic E-state index is 0.151. The summed E-state index contributed by atoms with van der Waals surface area (Å²) in [5, 5.41) is 27.8. The fourth-order valence-electron chi connectivity index (χ4n) is 4.50. The molecule has 2 saturated heterocycles. The molecule has 5 unspecified atom stereocenters. The molecule has 4 N–H and O–H groups in total. The van der Waals surface area contributed by atoms with Gasteiger partial charge in [0.2, 0.25) is 0 Å². The zero-order chi connectivity index (χ0) is 22.1. The van der Waals surface area contributed by atoms with Crippen molar-refractivity contribution in [3.8, 4) is 0 Å². The third-order valence-electron chi connectivity index (χ3n) is 6.26. The lowest BCUT2D eigenvalue weighted by Crippen LogP contribution is -2.40. The van der Waals surface area contributed by atoms with Gasteiger partial charge in [0.15, 0.2) is 23.2 Å². The Morgan fingerprint density at radius 2 is 2.03 bits per heavy atom. The number of thiocarbonyl (C=S) groups is 1. The Morgan fingerprint density at radius 1 is 1.19 bits per heavy atom. The first kappa shape index (κ1) is 21.7. The number of nitrogens with one attached hydrogen (secondary N) is 2. The molecule has 0 bridgehead atoms. The molecule has 4 heterocycles. The lowest BCUT2D eigenvalue weighted by atomic mass is 10.1. The van der Waals surface area contributed by atoms with E-state index in [2.05, 4.69) is 25.6 Å². The van der Waals surface area contributed by atoms with E-state index >= 15 is 0 Å². The van der Waals surface area contributed by atoms with Crippen LogP contribution in [-0.4, -0.2) is 85.1 Å². The van der Waals surface area contributed by atoms with Crippen LogP contribution in [0.1, 0.15) is 38.3 Å². The van der Waals surface area contributed by atoms with Crippen molar-refractivity contribution >= 4 is 34.4 Å². The summed E-state index contributed by atoms with van der Waals surface area (Å²) in [6.45, 7) is 1.55. The quantitative estimate of drug-likeness (QED) is 0.444. The number of anilines is 1. The van der Waals surface area contributed by atoms with E-state index in [0.29, 0.717) is 30.2 Å². The van der Waals surface area contributed by atoms with Crippen molar-refractivity contribution in [2.75, 3.05) is 25.1 Å². The van der Waals surface area contributed by atoms with Gasteiger partial charge < -0.3 is 35.1 Å². The van der Waals surface area contributed by atoms with E-state index in [1.807, 2.05) is 0 Å². The monoisotopic (exact) mass is 464 g/mol. The first-order valence-corrected chi connectivity index (χ1v) is 11.5. The van der Waals surface area contributed by atoms with Crippen LogP contribution in [-0.2, 0) is 14.2 Å². The number of imidazole rings is 1. The summed E-state index contributed by atoms with van der Waals surface area (Å²) in [4.78, 5) is 13.1. The summed E-state index contributed by atoms with van der Waals surface area (Å²) in [5.74, 6) is 0.602. The number of ether oxygens (including phenoxy) is 3. The predicted octanol–water partition coefficient (Wildman–Crippen LogP) is 0.480. The molecular weight excluding hydrogens is 436 g/mol. The lowest BCUT2D eigenvalue weighted by molar-refractivity contribution is -0.0335. The van der Waals surface area contributed by atoms with Crippen LogP contribution >= 0.6 is 12.2 Å². The Morgan fingerprint density at radius 3 is 2.81 bits per heavy atom. The second-order valence-corrected chi connectivity index (χ2v) is 8.86. The summed E-state index contributed by atoms with van der Waals surface area (Å²) in [6.07, 6.45) is 4.57. The normalized spacial score (nSPS) is 30.8. The van der Waals surface area contributed by atoms with Crippen LogP contribution in [0.5, 0.6) is 0 Å². The van der Waals surface area contributed by atoms with E-state index in [0.717, 1.165) is 32.1 Å².